The lowest BCUT2D eigenvalue weighted by Gasteiger charge is -2.22. The van der Waals surface area contributed by atoms with Gasteiger partial charge in [0.25, 0.3) is 0 Å². The van der Waals surface area contributed by atoms with Gasteiger partial charge in [0.15, 0.2) is 0 Å². The lowest BCUT2D eigenvalue weighted by Crippen LogP contribution is -2.30. The maximum absolute atomic E-state index is 5.64. The van der Waals surface area contributed by atoms with E-state index in [0.717, 1.165) is 78.0 Å². The van der Waals surface area contributed by atoms with Crippen LogP contribution in [0.15, 0.2) is 0 Å². The van der Waals surface area contributed by atoms with Gasteiger partial charge in [0, 0.05) is 0 Å². The lowest BCUT2D eigenvalue weighted by atomic mass is 10.1. The predicted octanol–water partition coefficient (Wildman–Crippen LogP) is 3.86. The third-order valence-electron chi connectivity index (χ3n) is 4.91. The quantitative estimate of drug-likeness (QED) is 0.151. The zero-order valence-electron chi connectivity index (χ0n) is 19.8. The van der Waals surface area contributed by atoms with Crippen LogP contribution in [0.2, 0.25) is 0 Å². The Bertz CT molecular complexity index is 245. The summed E-state index contributed by atoms with van der Waals surface area (Å²) in [5.41, 5.74) is 22.5. The second-order valence-electron chi connectivity index (χ2n) is 7.37. The molecule has 0 radical (unpaired) electrons. The molecule has 0 unspecified atom stereocenters. The zero-order chi connectivity index (χ0) is 19.3. The lowest BCUT2D eigenvalue weighted by molar-refractivity contribution is 0.259. The molecule has 0 amide bonds. The topological polar surface area (TPSA) is 111 Å². The molecule has 0 bridgehead atoms. The van der Waals surface area contributed by atoms with Gasteiger partial charge >= 0.3 is 0 Å². The molecule has 206 valence electrons. The van der Waals surface area contributed by atoms with Crippen molar-refractivity contribution in [1.29, 1.82) is 0 Å². The highest BCUT2D eigenvalue weighted by atomic mass is 35.5. The minimum atomic E-state index is 0. The summed E-state index contributed by atoms with van der Waals surface area (Å²) in [5.74, 6) is 0. The van der Waals surface area contributed by atoms with Crippen LogP contribution in [0.5, 0.6) is 0 Å². The van der Waals surface area contributed by atoms with Gasteiger partial charge in [0.2, 0.25) is 0 Å². The van der Waals surface area contributed by atoms with E-state index in [-0.39, 0.29) is 74.4 Å². The third kappa shape index (κ3) is 36.1. The fourth-order valence-electron chi connectivity index (χ4n) is 3.31. The van der Waals surface area contributed by atoms with Crippen molar-refractivity contribution in [2.45, 2.75) is 64.2 Å². The summed E-state index contributed by atoms with van der Waals surface area (Å²) in [7, 11) is 0. The monoisotopic (exact) mass is 588 g/mol. The van der Waals surface area contributed by atoms with Gasteiger partial charge in [-0.25, -0.2) is 0 Å². The number of hydrogen-bond acceptors (Lipinski definition) is 6. The smallest absolute Gasteiger partial charge is 0.000671 e. The fourth-order valence-corrected chi connectivity index (χ4v) is 3.31. The van der Waals surface area contributed by atoms with E-state index in [1.54, 1.807) is 0 Å². The summed E-state index contributed by atoms with van der Waals surface area (Å²) < 4.78 is 0. The van der Waals surface area contributed by atoms with Crippen molar-refractivity contribution in [3.63, 3.8) is 0 Å². The second kappa shape index (κ2) is 42.6. The number of unbranched alkanes of at least 4 members (excludes halogenated alkanes) is 5. The molecule has 0 saturated heterocycles. The molecular formula is C20H54Cl6N6. The van der Waals surface area contributed by atoms with Crippen LogP contribution in [-0.2, 0) is 0 Å². The van der Waals surface area contributed by atoms with E-state index in [1.165, 1.54) is 51.6 Å². The van der Waals surface area contributed by atoms with E-state index in [2.05, 4.69) is 9.80 Å². The number of nitrogens with two attached hydrogens (primary N) is 4. The highest BCUT2D eigenvalue weighted by Crippen LogP contribution is 2.08. The van der Waals surface area contributed by atoms with E-state index in [0.29, 0.717) is 0 Å². The first kappa shape index (κ1) is 50.4. The third-order valence-corrected chi connectivity index (χ3v) is 4.91. The van der Waals surface area contributed by atoms with E-state index >= 15 is 0 Å². The fraction of sp³-hybridized carbons (Fsp3) is 1.00. The van der Waals surface area contributed by atoms with Gasteiger partial charge in [-0.15, -0.1) is 74.4 Å². The number of halogens is 6. The summed E-state index contributed by atoms with van der Waals surface area (Å²) in [6.07, 6.45) is 12.4. The summed E-state index contributed by atoms with van der Waals surface area (Å²) in [6, 6.07) is 0. The van der Waals surface area contributed by atoms with Crippen LogP contribution in [-0.4, -0.2) is 75.2 Å². The minimum Gasteiger partial charge on any atom is -0.330 e. The van der Waals surface area contributed by atoms with Gasteiger partial charge in [-0.2, -0.15) is 0 Å². The molecule has 0 rings (SSSR count). The first-order chi connectivity index (χ1) is 12.8. The Kier molecular flexibility index (Phi) is 67.1. The zero-order valence-corrected chi connectivity index (χ0v) is 24.7. The van der Waals surface area contributed by atoms with E-state index in [4.69, 9.17) is 22.9 Å². The van der Waals surface area contributed by atoms with Crippen LogP contribution in [0.25, 0.3) is 0 Å². The molecule has 0 aliphatic heterocycles. The van der Waals surface area contributed by atoms with Crippen LogP contribution in [0.1, 0.15) is 64.2 Å². The second-order valence-corrected chi connectivity index (χ2v) is 7.37. The van der Waals surface area contributed by atoms with Gasteiger partial charge in [0.1, 0.15) is 0 Å². The van der Waals surface area contributed by atoms with Crippen LogP contribution >= 0.6 is 74.4 Å². The molecule has 0 aromatic heterocycles. The molecule has 6 nitrogen and oxygen atoms in total. The van der Waals surface area contributed by atoms with Crippen molar-refractivity contribution in [1.82, 2.24) is 9.80 Å². The molecule has 32 heavy (non-hydrogen) atoms. The summed E-state index contributed by atoms with van der Waals surface area (Å²) in [6.45, 7) is 10.0. The molecule has 0 aromatic carbocycles. The Balaban J connectivity index is -0.000000208. The van der Waals surface area contributed by atoms with Crippen molar-refractivity contribution in [3.8, 4) is 0 Å². The van der Waals surface area contributed by atoms with Crippen LogP contribution in [0, 0.1) is 0 Å². The summed E-state index contributed by atoms with van der Waals surface area (Å²) in [4.78, 5) is 5.07. The normalized spacial score (nSPS) is 9.56. The predicted molar refractivity (Wildman–Crippen MR) is 159 cm³/mol. The summed E-state index contributed by atoms with van der Waals surface area (Å²) in [5, 5.41) is 0. The first-order valence-corrected chi connectivity index (χ1v) is 11.0. The molecule has 0 aromatic rings. The van der Waals surface area contributed by atoms with Crippen molar-refractivity contribution in [2.75, 3.05) is 65.4 Å². The van der Waals surface area contributed by atoms with E-state index < -0.39 is 0 Å². The number of rotatable bonds is 21. The van der Waals surface area contributed by atoms with Crippen molar-refractivity contribution < 1.29 is 0 Å². The van der Waals surface area contributed by atoms with Crippen LogP contribution in [0.4, 0.5) is 0 Å². The highest BCUT2D eigenvalue weighted by molar-refractivity contribution is 5.86. The van der Waals surface area contributed by atoms with Gasteiger partial charge in [0.05, 0.1) is 0 Å². The van der Waals surface area contributed by atoms with E-state index in [9.17, 15) is 0 Å². The molecule has 0 fully saturated rings. The largest absolute Gasteiger partial charge is 0.330 e. The summed E-state index contributed by atoms with van der Waals surface area (Å²) >= 11 is 0. The highest BCUT2D eigenvalue weighted by Gasteiger charge is 2.05. The van der Waals surface area contributed by atoms with Crippen molar-refractivity contribution >= 4 is 74.4 Å². The van der Waals surface area contributed by atoms with Crippen molar-refractivity contribution in [3.05, 3.63) is 0 Å². The molecule has 0 aliphatic carbocycles. The average molecular weight is 591 g/mol. The Labute approximate surface area is 235 Å². The average Bonchev–Trinajstić information content (AvgIpc) is 2.66. The van der Waals surface area contributed by atoms with Crippen LogP contribution in [0.3, 0.4) is 0 Å². The molecule has 12 heteroatoms. The molecule has 0 heterocycles. The first-order valence-electron chi connectivity index (χ1n) is 11.0. The Hall–Kier alpha value is 1.50. The van der Waals surface area contributed by atoms with E-state index in [1.807, 2.05) is 0 Å². The van der Waals surface area contributed by atoms with Gasteiger partial charge in [-0.3, -0.25) is 0 Å². The van der Waals surface area contributed by atoms with Crippen LogP contribution < -0.4 is 22.9 Å². The molecular weight excluding hydrogens is 537 g/mol. The Morgan fingerprint density at radius 1 is 0.281 bits per heavy atom. The minimum absolute atomic E-state index is 0. The molecule has 0 aliphatic rings. The standard InChI is InChI=1S/C20H48N6.6ClH/c21-11-7-17-25(18-8-12-22)15-5-3-1-2-4-6-16-26(19-9-13-23)20-10-14-24;;;;;;/h1-24H2;6*1H. The Morgan fingerprint density at radius 2 is 0.469 bits per heavy atom. The Morgan fingerprint density at radius 3 is 0.688 bits per heavy atom. The molecule has 8 N–H and O–H groups in total. The molecule has 0 saturated carbocycles. The maximum atomic E-state index is 5.64. The molecule has 0 spiro atoms. The maximum Gasteiger partial charge on any atom is -0.000671 e. The van der Waals surface area contributed by atoms with Gasteiger partial charge < -0.3 is 32.7 Å². The SMILES string of the molecule is Cl.Cl.Cl.Cl.Cl.Cl.NCCCN(CCCN)CCCCCCCCN(CCCN)CCCN. The van der Waals surface area contributed by atoms with Gasteiger partial charge in [-0.1, -0.05) is 25.7 Å². The van der Waals surface area contributed by atoms with Gasteiger partial charge in [-0.05, 0) is 104 Å². The van der Waals surface area contributed by atoms with Crippen molar-refractivity contribution in [2.24, 2.45) is 22.9 Å². The number of nitrogens with zero attached hydrogens (tertiary/aromatic N) is 2. The number of hydrogen-bond donors (Lipinski definition) is 4. The molecule has 0 atom stereocenters.